The maximum Gasteiger partial charge on any atom is 0.414 e. The predicted octanol–water partition coefficient (Wildman–Crippen LogP) is 1.55. The molecule has 1 heterocycles. The van der Waals surface area contributed by atoms with Crippen molar-refractivity contribution in [2.75, 3.05) is 21.3 Å². The Labute approximate surface area is 156 Å². The zero-order chi connectivity index (χ0) is 20.2. The molecule has 0 fully saturated rings. The summed E-state index contributed by atoms with van der Waals surface area (Å²) < 4.78 is 16.0. The summed E-state index contributed by atoms with van der Waals surface area (Å²) in [5.41, 5.74) is 2.15. The number of nitrogens with zero attached hydrogens (tertiary/aromatic N) is 1. The maximum atomic E-state index is 9.10. The van der Waals surface area contributed by atoms with Crippen molar-refractivity contribution in [3.8, 4) is 17.2 Å². The molecule has 3 N–H and O–H groups in total. The maximum absolute atomic E-state index is 9.10. The van der Waals surface area contributed by atoms with Gasteiger partial charge in [-0.05, 0) is 17.7 Å². The van der Waals surface area contributed by atoms with E-state index in [1.807, 2.05) is 30.5 Å². The van der Waals surface area contributed by atoms with Crippen LogP contribution in [0.4, 0.5) is 0 Å². The summed E-state index contributed by atoms with van der Waals surface area (Å²) >= 11 is 0. The second kappa shape index (κ2) is 11.3. The van der Waals surface area contributed by atoms with Crippen molar-refractivity contribution in [1.29, 1.82) is 0 Å². The van der Waals surface area contributed by atoms with Crippen molar-refractivity contribution in [3.63, 3.8) is 0 Å². The highest BCUT2D eigenvalue weighted by Crippen LogP contribution is 2.34. The summed E-state index contributed by atoms with van der Waals surface area (Å²) in [6, 6.07) is 7.72. The number of rotatable bonds is 7. The minimum atomic E-state index is -1.82. The molecular formula is C18H22N2O7. The Morgan fingerprint density at radius 3 is 2.04 bits per heavy atom. The van der Waals surface area contributed by atoms with Crippen molar-refractivity contribution in [1.82, 2.24) is 10.3 Å². The number of hydrogen-bond acceptors (Lipinski definition) is 7. The topological polar surface area (TPSA) is 127 Å². The highest BCUT2D eigenvalue weighted by atomic mass is 16.5. The van der Waals surface area contributed by atoms with Gasteiger partial charge in [-0.2, -0.15) is 0 Å². The molecule has 0 aliphatic carbocycles. The first-order valence-corrected chi connectivity index (χ1v) is 7.77. The SMILES string of the molecule is COc1cc(OC)c(OC)cc1CNCc1cccnc1.O=C(O)C(=O)O. The van der Waals surface area contributed by atoms with Gasteiger partial charge in [-0.15, -0.1) is 0 Å². The molecular weight excluding hydrogens is 356 g/mol. The minimum Gasteiger partial charge on any atom is -0.496 e. The number of benzene rings is 1. The van der Waals surface area contributed by atoms with E-state index in [-0.39, 0.29) is 0 Å². The molecule has 0 amide bonds. The van der Waals surface area contributed by atoms with Gasteiger partial charge in [0.15, 0.2) is 11.5 Å². The third-order valence-electron chi connectivity index (χ3n) is 3.34. The Bertz CT molecular complexity index is 739. The number of hydrogen-bond donors (Lipinski definition) is 3. The molecule has 0 bridgehead atoms. The van der Waals surface area contributed by atoms with Crippen LogP contribution in [0.5, 0.6) is 17.2 Å². The fourth-order valence-electron chi connectivity index (χ4n) is 2.07. The average Bonchev–Trinajstić information content (AvgIpc) is 2.68. The first-order chi connectivity index (χ1) is 12.9. The Morgan fingerprint density at radius 1 is 0.963 bits per heavy atom. The molecule has 0 aliphatic rings. The lowest BCUT2D eigenvalue weighted by atomic mass is 10.1. The van der Waals surface area contributed by atoms with Gasteiger partial charge in [-0.1, -0.05) is 6.07 Å². The summed E-state index contributed by atoms with van der Waals surface area (Å²) in [6.45, 7) is 1.41. The van der Waals surface area contributed by atoms with Gasteiger partial charge >= 0.3 is 11.9 Å². The van der Waals surface area contributed by atoms with E-state index in [0.717, 1.165) is 23.4 Å². The normalized spacial score (nSPS) is 9.59. The van der Waals surface area contributed by atoms with Gasteiger partial charge in [0, 0.05) is 37.1 Å². The molecule has 0 unspecified atom stereocenters. The second-order valence-electron chi connectivity index (χ2n) is 5.09. The van der Waals surface area contributed by atoms with E-state index < -0.39 is 11.9 Å². The number of carboxylic acid groups (broad SMARTS) is 2. The molecule has 0 radical (unpaired) electrons. The number of carbonyl (C=O) groups is 2. The molecule has 0 saturated carbocycles. The van der Waals surface area contributed by atoms with Gasteiger partial charge in [-0.3, -0.25) is 4.98 Å². The van der Waals surface area contributed by atoms with Crippen molar-refractivity contribution in [3.05, 3.63) is 47.8 Å². The van der Waals surface area contributed by atoms with Gasteiger partial charge in [-0.25, -0.2) is 9.59 Å². The molecule has 2 rings (SSSR count). The third kappa shape index (κ3) is 7.20. The Morgan fingerprint density at radius 2 is 1.56 bits per heavy atom. The largest absolute Gasteiger partial charge is 0.496 e. The molecule has 1 aromatic carbocycles. The molecule has 1 aromatic heterocycles. The lowest BCUT2D eigenvalue weighted by Gasteiger charge is -2.14. The van der Waals surface area contributed by atoms with Crippen molar-refractivity contribution >= 4 is 11.9 Å². The first kappa shape index (κ1) is 21.7. The van der Waals surface area contributed by atoms with Gasteiger partial charge in [0.05, 0.1) is 21.3 Å². The van der Waals surface area contributed by atoms with Crippen LogP contribution in [-0.2, 0) is 22.7 Å². The highest BCUT2D eigenvalue weighted by molar-refractivity contribution is 6.27. The van der Waals surface area contributed by atoms with E-state index in [4.69, 9.17) is 34.0 Å². The van der Waals surface area contributed by atoms with E-state index in [0.29, 0.717) is 18.0 Å². The summed E-state index contributed by atoms with van der Waals surface area (Å²) in [4.78, 5) is 22.3. The number of aromatic nitrogens is 1. The average molecular weight is 378 g/mol. The number of carboxylic acids is 2. The van der Waals surface area contributed by atoms with Crippen LogP contribution in [0.3, 0.4) is 0 Å². The lowest BCUT2D eigenvalue weighted by molar-refractivity contribution is -0.159. The van der Waals surface area contributed by atoms with Crippen LogP contribution >= 0.6 is 0 Å². The number of ether oxygens (including phenoxy) is 3. The van der Waals surface area contributed by atoms with E-state index in [1.54, 1.807) is 27.5 Å². The third-order valence-corrected chi connectivity index (χ3v) is 3.34. The van der Waals surface area contributed by atoms with Crippen LogP contribution < -0.4 is 19.5 Å². The lowest BCUT2D eigenvalue weighted by Crippen LogP contribution is -2.13. The van der Waals surface area contributed by atoms with Gasteiger partial charge in [0.1, 0.15) is 5.75 Å². The predicted molar refractivity (Wildman–Crippen MR) is 96.2 cm³/mol. The van der Waals surface area contributed by atoms with Crippen LogP contribution in [0.15, 0.2) is 36.7 Å². The van der Waals surface area contributed by atoms with E-state index in [2.05, 4.69) is 10.3 Å². The number of aliphatic carboxylic acids is 2. The molecule has 9 nitrogen and oxygen atoms in total. The summed E-state index contributed by atoms with van der Waals surface area (Å²) in [6.07, 6.45) is 3.61. The van der Waals surface area contributed by atoms with Gasteiger partial charge in [0.2, 0.25) is 0 Å². The first-order valence-electron chi connectivity index (χ1n) is 7.77. The van der Waals surface area contributed by atoms with Gasteiger partial charge < -0.3 is 29.7 Å². The summed E-state index contributed by atoms with van der Waals surface area (Å²) in [5, 5.41) is 18.1. The van der Waals surface area contributed by atoms with Crippen LogP contribution in [0.2, 0.25) is 0 Å². The van der Waals surface area contributed by atoms with Gasteiger partial charge in [0.25, 0.3) is 0 Å². The monoisotopic (exact) mass is 378 g/mol. The van der Waals surface area contributed by atoms with Crippen molar-refractivity contribution in [2.24, 2.45) is 0 Å². The highest BCUT2D eigenvalue weighted by Gasteiger charge is 2.11. The molecule has 0 spiro atoms. The Hall–Kier alpha value is -3.33. The van der Waals surface area contributed by atoms with E-state index in [1.165, 1.54) is 0 Å². The number of nitrogens with one attached hydrogen (secondary N) is 1. The number of methoxy groups -OCH3 is 3. The zero-order valence-corrected chi connectivity index (χ0v) is 15.3. The molecule has 27 heavy (non-hydrogen) atoms. The summed E-state index contributed by atoms with van der Waals surface area (Å²) in [5.74, 6) is -1.53. The Kier molecular flexibility index (Phi) is 9.10. The minimum absolute atomic E-state index is 0.658. The van der Waals surface area contributed by atoms with Crippen LogP contribution in [0, 0.1) is 0 Å². The van der Waals surface area contributed by atoms with E-state index >= 15 is 0 Å². The molecule has 0 atom stereocenters. The fourth-order valence-corrected chi connectivity index (χ4v) is 2.07. The quantitative estimate of drug-likeness (QED) is 0.615. The molecule has 0 saturated heterocycles. The fraction of sp³-hybridized carbons (Fsp3) is 0.278. The molecule has 2 aromatic rings. The summed E-state index contributed by atoms with van der Waals surface area (Å²) in [7, 11) is 4.88. The zero-order valence-electron chi connectivity index (χ0n) is 15.3. The Balaban J connectivity index is 0.000000527. The van der Waals surface area contributed by atoms with Crippen LogP contribution in [0.25, 0.3) is 0 Å². The second-order valence-corrected chi connectivity index (χ2v) is 5.09. The van der Waals surface area contributed by atoms with Crippen LogP contribution in [-0.4, -0.2) is 48.5 Å². The van der Waals surface area contributed by atoms with E-state index in [9.17, 15) is 0 Å². The van der Waals surface area contributed by atoms with Crippen molar-refractivity contribution < 1.29 is 34.0 Å². The van der Waals surface area contributed by atoms with Crippen molar-refractivity contribution in [2.45, 2.75) is 13.1 Å². The number of pyridine rings is 1. The standard InChI is InChI=1S/C16H20N2O3.C2H2O4/c1-19-14-8-16(21-3)15(20-2)7-13(14)11-18-10-12-5-4-6-17-9-12;3-1(4)2(5)6/h4-9,18H,10-11H2,1-3H3;(H,3,4)(H,5,6). The smallest absolute Gasteiger partial charge is 0.414 e. The molecule has 146 valence electrons. The molecule has 0 aliphatic heterocycles. The molecule has 9 heteroatoms. The van der Waals surface area contributed by atoms with Crippen LogP contribution in [0.1, 0.15) is 11.1 Å².